The standard InChI is InChI=1S/C13H7N3O4S/c17-13(18)11-7(1-4-15-12(11)16(19)20)9-6-21-10-2-3-14-5-8(9)10/h1-6H,(H,17,18). The molecule has 0 spiro atoms. The van der Waals surface area contributed by atoms with Crippen molar-refractivity contribution in [2.75, 3.05) is 0 Å². The molecule has 104 valence electrons. The molecule has 0 saturated heterocycles. The number of pyridine rings is 2. The molecule has 1 N–H and O–H groups in total. The lowest BCUT2D eigenvalue weighted by atomic mass is 10.0. The Morgan fingerprint density at radius 2 is 2.10 bits per heavy atom. The van der Waals surface area contributed by atoms with Crippen LogP contribution in [-0.4, -0.2) is 26.0 Å². The highest BCUT2D eigenvalue weighted by Crippen LogP contribution is 2.37. The maximum atomic E-state index is 11.4. The SMILES string of the molecule is O=C(O)c1c(-c2csc3ccncc23)ccnc1[N+](=O)[O-]. The molecule has 0 aliphatic carbocycles. The van der Waals surface area contributed by atoms with E-state index in [9.17, 15) is 20.0 Å². The van der Waals surface area contributed by atoms with Crippen molar-refractivity contribution in [3.05, 3.63) is 51.8 Å². The molecule has 8 heteroatoms. The molecule has 0 bridgehead atoms. The van der Waals surface area contributed by atoms with Crippen LogP contribution in [0.4, 0.5) is 5.82 Å². The van der Waals surface area contributed by atoms with Gasteiger partial charge in [-0.3, -0.25) is 4.98 Å². The predicted molar refractivity (Wildman–Crippen MR) is 76.5 cm³/mol. The maximum Gasteiger partial charge on any atom is 0.378 e. The molecule has 0 amide bonds. The van der Waals surface area contributed by atoms with Gasteiger partial charge in [0.15, 0.2) is 5.56 Å². The molecule has 0 saturated carbocycles. The van der Waals surface area contributed by atoms with Crippen molar-refractivity contribution in [3.8, 4) is 11.1 Å². The number of aromatic nitrogens is 2. The molecule has 0 aliphatic heterocycles. The molecule has 3 aromatic heterocycles. The summed E-state index contributed by atoms with van der Waals surface area (Å²) in [5.74, 6) is -2.05. The van der Waals surface area contributed by atoms with Gasteiger partial charge >= 0.3 is 11.8 Å². The Morgan fingerprint density at radius 3 is 2.81 bits per heavy atom. The van der Waals surface area contributed by atoms with E-state index in [1.165, 1.54) is 23.6 Å². The molecular formula is C13H7N3O4S. The van der Waals surface area contributed by atoms with Gasteiger partial charge in [0.25, 0.3) is 0 Å². The largest absolute Gasteiger partial charge is 0.477 e. The first-order chi connectivity index (χ1) is 10.1. The molecule has 0 unspecified atom stereocenters. The van der Waals surface area contributed by atoms with E-state index >= 15 is 0 Å². The molecule has 0 aromatic carbocycles. The molecule has 0 atom stereocenters. The third-order valence-corrected chi connectivity index (χ3v) is 3.95. The average molecular weight is 301 g/mol. The molecular weight excluding hydrogens is 294 g/mol. The Hall–Kier alpha value is -2.87. The fourth-order valence-electron chi connectivity index (χ4n) is 2.11. The third-order valence-electron chi connectivity index (χ3n) is 2.98. The van der Waals surface area contributed by atoms with Crippen LogP contribution in [0.15, 0.2) is 36.1 Å². The number of thiophene rings is 1. The topological polar surface area (TPSA) is 106 Å². The molecule has 0 radical (unpaired) electrons. The molecule has 3 rings (SSSR count). The smallest absolute Gasteiger partial charge is 0.378 e. The van der Waals surface area contributed by atoms with Crippen molar-refractivity contribution >= 4 is 33.2 Å². The van der Waals surface area contributed by atoms with E-state index in [4.69, 9.17) is 0 Å². The predicted octanol–water partition coefficient (Wildman–Crippen LogP) is 2.96. The van der Waals surface area contributed by atoms with E-state index in [1.54, 1.807) is 23.8 Å². The summed E-state index contributed by atoms with van der Waals surface area (Å²) in [7, 11) is 0. The Labute approximate surface area is 121 Å². The van der Waals surface area contributed by atoms with Crippen LogP contribution < -0.4 is 0 Å². The fraction of sp³-hybridized carbons (Fsp3) is 0. The van der Waals surface area contributed by atoms with Gasteiger partial charge in [-0.05, 0) is 27.4 Å². The number of carbonyl (C=O) groups is 1. The second-order valence-corrected chi connectivity index (χ2v) is 5.05. The van der Waals surface area contributed by atoms with Gasteiger partial charge in [-0.1, -0.05) is 0 Å². The van der Waals surface area contributed by atoms with Gasteiger partial charge in [0.05, 0.1) is 0 Å². The van der Waals surface area contributed by atoms with E-state index in [1.807, 2.05) is 0 Å². The Balaban J connectivity index is 2.35. The normalized spacial score (nSPS) is 10.7. The molecule has 3 aromatic rings. The summed E-state index contributed by atoms with van der Waals surface area (Å²) in [5, 5.41) is 22.8. The number of fused-ring (bicyclic) bond motifs is 1. The van der Waals surface area contributed by atoms with Crippen LogP contribution >= 0.6 is 11.3 Å². The first-order valence-electron chi connectivity index (χ1n) is 5.78. The summed E-state index contributed by atoms with van der Waals surface area (Å²) in [5.41, 5.74) is 0.459. The van der Waals surface area contributed by atoms with Crippen LogP contribution in [0.25, 0.3) is 21.2 Å². The van der Waals surface area contributed by atoms with Crippen molar-refractivity contribution in [2.24, 2.45) is 0 Å². The number of hydrogen-bond donors (Lipinski definition) is 1. The summed E-state index contributed by atoms with van der Waals surface area (Å²) in [6.07, 6.45) is 4.48. The van der Waals surface area contributed by atoms with Crippen LogP contribution in [-0.2, 0) is 0 Å². The van der Waals surface area contributed by atoms with Gasteiger partial charge in [0.1, 0.15) is 6.20 Å². The number of carboxylic acid groups (broad SMARTS) is 1. The van der Waals surface area contributed by atoms with Crippen molar-refractivity contribution < 1.29 is 14.8 Å². The number of nitro groups is 1. The second-order valence-electron chi connectivity index (χ2n) is 4.14. The van der Waals surface area contributed by atoms with Gasteiger partial charge in [0.2, 0.25) is 0 Å². The van der Waals surface area contributed by atoms with Gasteiger partial charge in [0, 0.05) is 33.6 Å². The van der Waals surface area contributed by atoms with E-state index in [0.717, 1.165) is 10.1 Å². The van der Waals surface area contributed by atoms with E-state index in [-0.39, 0.29) is 5.56 Å². The first-order valence-corrected chi connectivity index (χ1v) is 6.66. The monoisotopic (exact) mass is 301 g/mol. The summed E-state index contributed by atoms with van der Waals surface area (Å²) in [6, 6.07) is 3.27. The lowest BCUT2D eigenvalue weighted by molar-refractivity contribution is -0.389. The van der Waals surface area contributed by atoms with Crippen molar-refractivity contribution in [3.63, 3.8) is 0 Å². The molecule has 0 aliphatic rings. The Kier molecular flexibility index (Phi) is 3.07. The van der Waals surface area contributed by atoms with E-state index < -0.39 is 22.3 Å². The summed E-state index contributed by atoms with van der Waals surface area (Å²) in [4.78, 5) is 29.2. The zero-order chi connectivity index (χ0) is 15.0. The minimum atomic E-state index is -1.38. The number of rotatable bonds is 3. The molecule has 7 nitrogen and oxygen atoms in total. The number of nitrogens with zero attached hydrogens (tertiary/aromatic N) is 3. The Bertz CT molecular complexity index is 875. The minimum Gasteiger partial charge on any atom is -0.477 e. The highest BCUT2D eigenvalue weighted by atomic mass is 32.1. The molecule has 0 fully saturated rings. The summed E-state index contributed by atoms with van der Waals surface area (Å²) < 4.78 is 0.927. The van der Waals surface area contributed by atoms with E-state index in [2.05, 4.69) is 9.97 Å². The van der Waals surface area contributed by atoms with Crippen LogP contribution in [0, 0.1) is 10.1 Å². The second kappa shape index (κ2) is 4.91. The first kappa shape index (κ1) is 13.1. The lowest BCUT2D eigenvalue weighted by Crippen LogP contribution is -2.06. The van der Waals surface area contributed by atoms with Gasteiger partial charge in [-0.25, -0.2) is 4.79 Å². The number of aromatic carboxylic acids is 1. The lowest BCUT2D eigenvalue weighted by Gasteiger charge is -2.04. The molecule has 3 heterocycles. The van der Waals surface area contributed by atoms with Crippen LogP contribution in [0.2, 0.25) is 0 Å². The number of carboxylic acids is 1. The molecule has 21 heavy (non-hydrogen) atoms. The van der Waals surface area contributed by atoms with Crippen LogP contribution in [0.3, 0.4) is 0 Å². The van der Waals surface area contributed by atoms with Gasteiger partial charge < -0.3 is 15.2 Å². The zero-order valence-electron chi connectivity index (χ0n) is 10.4. The van der Waals surface area contributed by atoms with Crippen molar-refractivity contribution in [1.82, 2.24) is 9.97 Å². The minimum absolute atomic E-state index is 0.267. The van der Waals surface area contributed by atoms with Crippen molar-refractivity contribution in [2.45, 2.75) is 0 Å². The van der Waals surface area contributed by atoms with Gasteiger partial charge in [-0.15, -0.1) is 11.3 Å². The highest BCUT2D eigenvalue weighted by Gasteiger charge is 2.27. The number of hydrogen-bond acceptors (Lipinski definition) is 6. The van der Waals surface area contributed by atoms with Crippen LogP contribution in [0.5, 0.6) is 0 Å². The van der Waals surface area contributed by atoms with E-state index in [0.29, 0.717) is 5.56 Å². The maximum absolute atomic E-state index is 11.4. The average Bonchev–Trinajstić information content (AvgIpc) is 2.90. The summed E-state index contributed by atoms with van der Waals surface area (Å²) in [6.45, 7) is 0. The summed E-state index contributed by atoms with van der Waals surface area (Å²) >= 11 is 1.42. The van der Waals surface area contributed by atoms with Crippen molar-refractivity contribution in [1.29, 1.82) is 0 Å². The third kappa shape index (κ3) is 2.11. The highest BCUT2D eigenvalue weighted by molar-refractivity contribution is 7.17. The quantitative estimate of drug-likeness (QED) is 0.588. The van der Waals surface area contributed by atoms with Crippen LogP contribution in [0.1, 0.15) is 10.4 Å². The fourth-order valence-corrected chi connectivity index (χ4v) is 3.03. The zero-order valence-corrected chi connectivity index (χ0v) is 11.2. The Morgan fingerprint density at radius 1 is 1.29 bits per heavy atom. The van der Waals surface area contributed by atoms with Gasteiger partial charge in [-0.2, -0.15) is 0 Å².